The summed E-state index contributed by atoms with van der Waals surface area (Å²) >= 11 is 0. The number of epoxide rings is 1. The average Bonchev–Trinajstić information content (AvgIpc) is 2.58. The second kappa shape index (κ2) is 2.48. The standard InChI is InChI=1S/C8H9F3O2/c1-3(2)4-5-7(12-5)13-6(4)8(9,10)11/h5-7H,1-2H3/t5?,6-,7?/m0/s1. The second-order valence-corrected chi connectivity index (χ2v) is 3.44. The molecule has 2 aliphatic rings. The molecule has 0 aromatic carbocycles. The molecule has 0 amide bonds. The predicted octanol–water partition coefficient (Wildman–Crippen LogP) is 2.01. The van der Waals surface area contributed by atoms with Crippen molar-refractivity contribution in [3.63, 3.8) is 0 Å². The molecule has 0 aromatic heterocycles. The van der Waals surface area contributed by atoms with Crippen molar-refractivity contribution >= 4 is 0 Å². The summed E-state index contributed by atoms with van der Waals surface area (Å²) in [5.74, 6) is 0. The van der Waals surface area contributed by atoms with Crippen LogP contribution in [-0.2, 0) is 9.47 Å². The normalized spacial score (nSPS) is 37.6. The predicted molar refractivity (Wildman–Crippen MR) is 38.0 cm³/mol. The molecule has 2 rings (SSSR count). The Morgan fingerprint density at radius 1 is 1.23 bits per heavy atom. The van der Waals surface area contributed by atoms with Gasteiger partial charge in [0, 0.05) is 5.57 Å². The molecule has 2 heterocycles. The summed E-state index contributed by atoms with van der Waals surface area (Å²) in [5.41, 5.74) is 0.879. The molecule has 0 aromatic rings. The zero-order valence-electron chi connectivity index (χ0n) is 7.18. The van der Waals surface area contributed by atoms with Gasteiger partial charge in [-0.3, -0.25) is 0 Å². The summed E-state index contributed by atoms with van der Waals surface area (Å²) in [6, 6.07) is 0. The number of fused-ring (bicyclic) bond motifs is 1. The Labute approximate surface area is 73.3 Å². The van der Waals surface area contributed by atoms with Crippen molar-refractivity contribution < 1.29 is 22.6 Å². The highest BCUT2D eigenvalue weighted by Gasteiger charge is 2.62. The molecular formula is C8H9F3O2. The van der Waals surface area contributed by atoms with Crippen LogP contribution in [0.2, 0.25) is 0 Å². The van der Waals surface area contributed by atoms with E-state index < -0.39 is 24.7 Å². The topological polar surface area (TPSA) is 21.8 Å². The molecule has 2 fully saturated rings. The molecule has 2 unspecified atom stereocenters. The Kier molecular flexibility index (Phi) is 1.72. The van der Waals surface area contributed by atoms with Crippen molar-refractivity contribution in [1.29, 1.82) is 0 Å². The van der Waals surface area contributed by atoms with Crippen molar-refractivity contribution in [3.8, 4) is 0 Å². The zero-order valence-corrected chi connectivity index (χ0v) is 7.18. The first-order valence-electron chi connectivity index (χ1n) is 3.96. The fraction of sp³-hybridized carbons (Fsp3) is 0.750. The number of ether oxygens (including phenoxy) is 2. The van der Waals surface area contributed by atoms with Crippen LogP contribution < -0.4 is 0 Å². The van der Waals surface area contributed by atoms with Gasteiger partial charge in [-0.15, -0.1) is 0 Å². The average molecular weight is 194 g/mol. The lowest BCUT2D eigenvalue weighted by Gasteiger charge is -2.18. The first-order valence-corrected chi connectivity index (χ1v) is 3.96. The third-order valence-electron chi connectivity index (χ3n) is 2.19. The van der Waals surface area contributed by atoms with Gasteiger partial charge in [0.15, 0.2) is 12.4 Å². The molecule has 0 saturated carbocycles. The van der Waals surface area contributed by atoms with Gasteiger partial charge in [-0.2, -0.15) is 13.2 Å². The molecule has 13 heavy (non-hydrogen) atoms. The first-order chi connectivity index (χ1) is 5.91. The molecule has 3 atom stereocenters. The van der Waals surface area contributed by atoms with Crippen LogP contribution in [0.25, 0.3) is 0 Å². The summed E-state index contributed by atoms with van der Waals surface area (Å²) in [5, 5.41) is 0. The minimum atomic E-state index is -4.32. The number of hydrogen-bond donors (Lipinski definition) is 0. The molecule has 74 valence electrons. The highest BCUT2D eigenvalue weighted by atomic mass is 19.4. The molecule has 2 saturated heterocycles. The van der Waals surface area contributed by atoms with Crippen molar-refractivity contribution in [3.05, 3.63) is 11.1 Å². The third kappa shape index (κ3) is 1.36. The molecule has 0 N–H and O–H groups in total. The molecule has 2 aliphatic heterocycles. The van der Waals surface area contributed by atoms with Gasteiger partial charge in [0.1, 0.15) is 6.10 Å². The number of halogens is 3. The zero-order chi connectivity index (χ0) is 9.80. The van der Waals surface area contributed by atoms with E-state index in [0.29, 0.717) is 5.57 Å². The number of allylic oxidation sites excluding steroid dienone is 1. The molecule has 0 spiro atoms. The van der Waals surface area contributed by atoms with Crippen LogP contribution in [0.5, 0.6) is 0 Å². The van der Waals surface area contributed by atoms with E-state index in [1.165, 1.54) is 0 Å². The third-order valence-corrected chi connectivity index (χ3v) is 2.19. The molecule has 2 nitrogen and oxygen atoms in total. The monoisotopic (exact) mass is 194 g/mol. The maximum absolute atomic E-state index is 12.4. The van der Waals surface area contributed by atoms with E-state index in [9.17, 15) is 13.2 Å². The van der Waals surface area contributed by atoms with E-state index >= 15 is 0 Å². The number of alkyl halides is 3. The van der Waals surface area contributed by atoms with E-state index in [4.69, 9.17) is 4.74 Å². The van der Waals surface area contributed by atoms with Crippen LogP contribution in [0.1, 0.15) is 13.8 Å². The number of hydrogen-bond acceptors (Lipinski definition) is 2. The Hall–Kier alpha value is -0.550. The van der Waals surface area contributed by atoms with Crippen LogP contribution >= 0.6 is 0 Å². The maximum Gasteiger partial charge on any atom is 0.418 e. The van der Waals surface area contributed by atoms with E-state index in [0.717, 1.165) is 0 Å². The lowest BCUT2D eigenvalue weighted by Crippen LogP contribution is -2.32. The summed E-state index contributed by atoms with van der Waals surface area (Å²) in [6.07, 6.45) is -7.17. The van der Waals surface area contributed by atoms with E-state index in [1.54, 1.807) is 13.8 Å². The van der Waals surface area contributed by atoms with Gasteiger partial charge in [0.25, 0.3) is 0 Å². The van der Waals surface area contributed by atoms with Gasteiger partial charge in [-0.25, -0.2) is 0 Å². The van der Waals surface area contributed by atoms with Crippen molar-refractivity contribution in [2.75, 3.05) is 0 Å². The van der Waals surface area contributed by atoms with Gasteiger partial charge in [-0.05, 0) is 13.8 Å². The van der Waals surface area contributed by atoms with Crippen LogP contribution in [0.15, 0.2) is 11.1 Å². The Morgan fingerprint density at radius 2 is 1.85 bits per heavy atom. The SMILES string of the molecule is CC(C)=C1C2OC2O[C@@H]1C(F)(F)F. The lowest BCUT2D eigenvalue weighted by molar-refractivity contribution is -0.215. The molecule has 0 radical (unpaired) electrons. The maximum atomic E-state index is 12.4. The number of rotatable bonds is 0. The second-order valence-electron chi connectivity index (χ2n) is 3.44. The smallest absolute Gasteiger partial charge is 0.336 e. The van der Waals surface area contributed by atoms with Crippen molar-refractivity contribution in [2.24, 2.45) is 0 Å². The van der Waals surface area contributed by atoms with Gasteiger partial charge in [0.2, 0.25) is 0 Å². The van der Waals surface area contributed by atoms with Gasteiger partial charge in [-0.1, -0.05) is 5.57 Å². The fourth-order valence-corrected chi connectivity index (χ4v) is 1.58. The Morgan fingerprint density at radius 3 is 2.23 bits per heavy atom. The minimum absolute atomic E-state index is 0.248. The largest absolute Gasteiger partial charge is 0.418 e. The summed E-state index contributed by atoms with van der Waals surface area (Å²) < 4.78 is 46.6. The Bertz CT molecular complexity index is 265. The van der Waals surface area contributed by atoms with Crippen LogP contribution in [0.4, 0.5) is 13.2 Å². The molecular weight excluding hydrogens is 185 g/mol. The highest BCUT2D eigenvalue weighted by molar-refractivity contribution is 5.30. The molecule has 5 heteroatoms. The summed E-state index contributed by atoms with van der Waals surface area (Å²) in [6.45, 7) is 3.28. The van der Waals surface area contributed by atoms with Gasteiger partial charge < -0.3 is 9.47 Å². The van der Waals surface area contributed by atoms with E-state index in [-0.39, 0.29) is 5.57 Å². The van der Waals surface area contributed by atoms with Crippen molar-refractivity contribution in [1.82, 2.24) is 0 Å². The molecule has 0 bridgehead atoms. The fourth-order valence-electron chi connectivity index (χ4n) is 1.58. The van der Waals surface area contributed by atoms with E-state index in [2.05, 4.69) is 4.74 Å². The lowest BCUT2D eigenvalue weighted by atomic mass is 10.0. The van der Waals surface area contributed by atoms with Gasteiger partial charge >= 0.3 is 6.18 Å². The van der Waals surface area contributed by atoms with Crippen molar-refractivity contribution in [2.45, 2.75) is 38.5 Å². The highest BCUT2D eigenvalue weighted by Crippen LogP contribution is 2.48. The summed E-state index contributed by atoms with van der Waals surface area (Å²) in [7, 11) is 0. The molecule has 0 aliphatic carbocycles. The van der Waals surface area contributed by atoms with Crippen LogP contribution in [-0.4, -0.2) is 24.7 Å². The van der Waals surface area contributed by atoms with Crippen LogP contribution in [0, 0.1) is 0 Å². The minimum Gasteiger partial charge on any atom is -0.336 e. The Balaban J connectivity index is 2.28. The van der Waals surface area contributed by atoms with E-state index in [1.807, 2.05) is 0 Å². The first kappa shape index (κ1) is 9.02. The quantitative estimate of drug-likeness (QED) is 0.434. The van der Waals surface area contributed by atoms with Gasteiger partial charge in [0.05, 0.1) is 0 Å². The summed E-state index contributed by atoms with van der Waals surface area (Å²) in [4.78, 5) is 0. The van der Waals surface area contributed by atoms with Crippen LogP contribution in [0.3, 0.4) is 0 Å².